The van der Waals surface area contributed by atoms with Gasteiger partial charge < -0.3 is 15.1 Å². The van der Waals surface area contributed by atoms with Crippen LogP contribution in [0, 0.1) is 6.92 Å². The molecule has 0 fully saturated rings. The fourth-order valence-electron chi connectivity index (χ4n) is 2.36. The Morgan fingerprint density at radius 3 is 2.72 bits per heavy atom. The molecule has 2 N–H and O–H groups in total. The first-order chi connectivity index (χ1) is 12.1. The van der Waals surface area contributed by atoms with E-state index in [1.54, 1.807) is 42.6 Å². The Labute approximate surface area is 144 Å². The van der Waals surface area contributed by atoms with Crippen molar-refractivity contribution in [3.8, 4) is 11.3 Å². The van der Waals surface area contributed by atoms with Gasteiger partial charge in [-0.25, -0.2) is 4.98 Å². The molecule has 1 heterocycles. The summed E-state index contributed by atoms with van der Waals surface area (Å²) in [5, 5.41) is 5.36. The van der Waals surface area contributed by atoms with Crippen molar-refractivity contribution in [2.24, 2.45) is 0 Å². The van der Waals surface area contributed by atoms with Gasteiger partial charge in [0.15, 0.2) is 12.2 Å². The largest absolute Gasteiger partial charge is 0.444 e. The molecule has 0 aliphatic heterocycles. The summed E-state index contributed by atoms with van der Waals surface area (Å²) in [6, 6.07) is 14.4. The van der Waals surface area contributed by atoms with Gasteiger partial charge in [0.05, 0.1) is 12.7 Å². The number of hydrogen-bond acceptors (Lipinski definition) is 4. The number of nitrogens with one attached hydrogen (secondary N) is 2. The molecule has 2 amide bonds. The minimum atomic E-state index is -0.310. The Balaban J connectivity index is 1.58. The molecule has 6 heteroatoms. The molecule has 126 valence electrons. The number of oxazole rings is 1. The Morgan fingerprint density at radius 1 is 1.12 bits per heavy atom. The third kappa shape index (κ3) is 4.32. The lowest BCUT2D eigenvalue weighted by atomic mass is 10.1. The van der Waals surface area contributed by atoms with Gasteiger partial charge in [0.2, 0.25) is 5.91 Å². The van der Waals surface area contributed by atoms with E-state index in [2.05, 4.69) is 15.6 Å². The van der Waals surface area contributed by atoms with E-state index >= 15 is 0 Å². The second kappa shape index (κ2) is 7.44. The van der Waals surface area contributed by atoms with Crippen LogP contribution < -0.4 is 10.6 Å². The highest BCUT2D eigenvalue weighted by molar-refractivity contribution is 5.99. The number of aromatic nitrogens is 1. The molecule has 3 rings (SSSR count). The highest BCUT2D eigenvalue weighted by Crippen LogP contribution is 2.21. The number of amides is 2. The van der Waals surface area contributed by atoms with Crippen molar-refractivity contribution in [2.75, 3.05) is 11.9 Å². The zero-order valence-electron chi connectivity index (χ0n) is 13.7. The van der Waals surface area contributed by atoms with Crippen molar-refractivity contribution in [3.05, 3.63) is 72.2 Å². The summed E-state index contributed by atoms with van der Waals surface area (Å²) in [7, 11) is 0. The van der Waals surface area contributed by atoms with Crippen LogP contribution in [0.1, 0.15) is 15.9 Å². The number of aryl methyl sites for hydroxylation is 1. The van der Waals surface area contributed by atoms with Gasteiger partial charge in [-0.15, -0.1) is 0 Å². The van der Waals surface area contributed by atoms with Crippen molar-refractivity contribution in [3.63, 3.8) is 0 Å². The average molecular weight is 335 g/mol. The van der Waals surface area contributed by atoms with Gasteiger partial charge in [0.25, 0.3) is 5.91 Å². The number of nitrogens with zero attached hydrogens (tertiary/aromatic N) is 1. The van der Waals surface area contributed by atoms with Crippen molar-refractivity contribution < 1.29 is 14.0 Å². The number of rotatable bonds is 5. The normalized spacial score (nSPS) is 10.3. The Hall–Kier alpha value is -3.41. The Kier molecular flexibility index (Phi) is 4.89. The van der Waals surface area contributed by atoms with Gasteiger partial charge in [-0.3, -0.25) is 9.59 Å². The van der Waals surface area contributed by atoms with Crippen LogP contribution in [-0.4, -0.2) is 23.3 Å². The maximum absolute atomic E-state index is 12.1. The summed E-state index contributed by atoms with van der Waals surface area (Å²) in [6.07, 6.45) is 2.95. The number of carbonyl (C=O) groups is 2. The molecule has 1 aromatic heterocycles. The maximum Gasteiger partial charge on any atom is 0.251 e. The van der Waals surface area contributed by atoms with E-state index < -0.39 is 0 Å². The highest BCUT2D eigenvalue weighted by Gasteiger charge is 2.09. The molecule has 0 spiro atoms. The minimum absolute atomic E-state index is 0.112. The molecule has 0 aliphatic carbocycles. The fourth-order valence-corrected chi connectivity index (χ4v) is 2.36. The van der Waals surface area contributed by atoms with Crippen LogP contribution in [0.5, 0.6) is 0 Å². The quantitative estimate of drug-likeness (QED) is 0.751. The summed E-state index contributed by atoms with van der Waals surface area (Å²) in [5.74, 6) is 0.0221. The molecule has 6 nitrogen and oxygen atoms in total. The zero-order chi connectivity index (χ0) is 17.6. The Bertz CT molecular complexity index is 888. The Morgan fingerprint density at radius 2 is 1.96 bits per heavy atom. The van der Waals surface area contributed by atoms with Crippen LogP contribution >= 0.6 is 0 Å². The molecule has 0 unspecified atom stereocenters. The predicted octanol–water partition coefficient (Wildman–Crippen LogP) is 3.02. The molecule has 25 heavy (non-hydrogen) atoms. The number of anilines is 1. The summed E-state index contributed by atoms with van der Waals surface area (Å²) in [6.45, 7) is 1.80. The zero-order valence-corrected chi connectivity index (χ0v) is 13.7. The number of carbonyl (C=O) groups excluding carboxylic acids is 2. The molecule has 0 bridgehead atoms. The van der Waals surface area contributed by atoms with Crippen LogP contribution in [0.3, 0.4) is 0 Å². The molecular formula is C19H17N3O3. The smallest absolute Gasteiger partial charge is 0.251 e. The monoisotopic (exact) mass is 335 g/mol. The lowest BCUT2D eigenvalue weighted by molar-refractivity contribution is -0.115. The summed E-state index contributed by atoms with van der Waals surface area (Å²) < 4.78 is 5.24. The number of hydrogen-bond donors (Lipinski definition) is 2. The van der Waals surface area contributed by atoms with Crippen LogP contribution in [0.25, 0.3) is 11.3 Å². The summed E-state index contributed by atoms with van der Waals surface area (Å²) in [5.41, 5.74) is 2.93. The standard InChI is InChI=1S/C19H17N3O3/c1-13-4-2-6-15(8-13)19(24)21-11-18(23)22-16-7-3-5-14(9-16)17-10-20-12-25-17/h2-10,12H,11H2,1H3,(H,21,24)(H,22,23). The first kappa shape index (κ1) is 16.4. The van der Waals surface area contributed by atoms with E-state index in [1.165, 1.54) is 6.39 Å². The van der Waals surface area contributed by atoms with Gasteiger partial charge in [-0.05, 0) is 31.2 Å². The third-order valence-corrected chi connectivity index (χ3v) is 3.55. The van der Waals surface area contributed by atoms with Gasteiger partial charge in [0.1, 0.15) is 0 Å². The van der Waals surface area contributed by atoms with Crippen molar-refractivity contribution >= 4 is 17.5 Å². The van der Waals surface area contributed by atoms with E-state index in [4.69, 9.17) is 4.42 Å². The fraction of sp³-hybridized carbons (Fsp3) is 0.105. The maximum atomic E-state index is 12.1. The average Bonchev–Trinajstić information content (AvgIpc) is 3.14. The molecule has 0 saturated carbocycles. The molecule has 0 radical (unpaired) electrons. The SMILES string of the molecule is Cc1cccc(C(=O)NCC(=O)Nc2cccc(-c3cnco3)c2)c1. The van der Waals surface area contributed by atoms with Crippen LogP contribution in [0.4, 0.5) is 5.69 Å². The summed E-state index contributed by atoms with van der Waals surface area (Å²) >= 11 is 0. The van der Waals surface area contributed by atoms with Crippen molar-refractivity contribution in [2.45, 2.75) is 6.92 Å². The van der Waals surface area contributed by atoms with Crippen LogP contribution in [0.15, 0.2) is 65.5 Å². The first-order valence-corrected chi connectivity index (χ1v) is 7.75. The van der Waals surface area contributed by atoms with Crippen LogP contribution in [0.2, 0.25) is 0 Å². The lowest BCUT2D eigenvalue weighted by Gasteiger charge is -2.08. The molecule has 0 atom stereocenters. The van der Waals surface area contributed by atoms with Crippen molar-refractivity contribution in [1.29, 1.82) is 0 Å². The van der Waals surface area contributed by atoms with E-state index in [-0.39, 0.29) is 18.4 Å². The highest BCUT2D eigenvalue weighted by atomic mass is 16.3. The topological polar surface area (TPSA) is 84.2 Å². The first-order valence-electron chi connectivity index (χ1n) is 7.75. The second-order valence-corrected chi connectivity index (χ2v) is 5.55. The van der Waals surface area contributed by atoms with Gasteiger partial charge >= 0.3 is 0 Å². The van der Waals surface area contributed by atoms with E-state index in [1.807, 2.05) is 19.1 Å². The van der Waals surface area contributed by atoms with E-state index in [9.17, 15) is 9.59 Å². The van der Waals surface area contributed by atoms with E-state index in [0.717, 1.165) is 11.1 Å². The van der Waals surface area contributed by atoms with Crippen LogP contribution in [-0.2, 0) is 4.79 Å². The molecule has 2 aromatic carbocycles. The van der Waals surface area contributed by atoms with Gasteiger partial charge in [-0.1, -0.05) is 29.8 Å². The second-order valence-electron chi connectivity index (χ2n) is 5.55. The van der Waals surface area contributed by atoms with Crippen molar-refractivity contribution in [1.82, 2.24) is 10.3 Å². The molecule has 0 saturated heterocycles. The predicted molar refractivity (Wildman–Crippen MR) is 94.1 cm³/mol. The molecule has 3 aromatic rings. The lowest BCUT2D eigenvalue weighted by Crippen LogP contribution is -2.32. The van der Waals surface area contributed by atoms with Gasteiger partial charge in [-0.2, -0.15) is 0 Å². The van der Waals surface area contributed by atoms with Gasteiger partial charge in [0, 0.05) is 16.8 Å². The molecular weight excluding hydrogens is 318 g/mol. The third-order valence-electron chi connectivity index (χ3n) is 3.55. The van der Waals surface area contributed by atoms with E-state index in [0.29, 0.717) is 17.0 Å². The number of benzene rings is 2. The molecule has 0 aliphatic rings. The summed E-state index contributed by atoms with van der Waals surface area (Å²) in [4.78, 5) is 28.0. The minimum Gasteiger partial charge on any atom is -0.444 e.